The normalized spacial score (nSPS) is 25.3. The average molecular weight is 392 g/mol. The largest absolute Gasteiger partial charge is 0.481 e. The van der Waals surface area contributed by atoms with E-state index in [4.69, 9.17) is 4.74 Å². The van der Waals surface area contributed by atoms with Crippen molar-refractivity contribution in [1.29, 1.82) is 0 Å². The molecule has 28 heavy (non-hydrogen) atoms. The average Bonchev–Trinajstić information content (AvgIpc) is 3.07. The number of carbonyl (C=O) groups excluding carboxylic acids is 2. The first-order valence-electron chi connectivity index (χ1n) is 9.41. The van der Waals surface area contributed by atoms with Crippen molar-refractivity contribution >= 4 is 17.8 Å². The predicted octanol–water partition coefficient (Wildman–Crippen LogP) is 1.53. The zero-order valence-corrected chi connectivity index (χ0v) is 16.0. The van der Waals surface area contributed by atoms with Crippen molar-refractivity contribution in [2.24, 2.45) is 17.3 Å². The van der Waals surface area contributed by atoms with E-state index in [1.807, 2.05) is 13.8 Å². The van der Waals surface area contributed by atoms with E-state index in [0.29, 0.717) is 26.2 Å². The Balaban J connectivity index is 1.75. The summed E-state index contributed by atoms with van der Waals surface area (Å²) in [7, 11) is 0. The molecule has 2 aliphatic rings. The third-order valence-electron chi connectivity index (χ3n) is 5.77. The van der Waals surface area contributed by atoms with Gasteiger partial charge in [0.2, 0.25) is 5.91 Å². The molecule has 2 saturated heterocycles. The SMILES string of the molecule is CC(C)C(NC(=O)c1ccc(F)cc1)C(=O)N1C[C@H]2COCC[C@@]2(C(=O)O)C1. The molecule has 0 aliphatic carbocycles. The number of hydrogen-bond donors (Lipinski definition) is 2. The monoisotopic (exact) mass is 392 g/mol. The minimum Gasteiger partial charge on any atom is -0.481 e. The second kappa shape index (κ2) is 7.87. The fourth-order valence-electron chi connectivity index (χ4n) is 4.00. The number of hydrogen-bond acceptors (Lipinski definition) is 4. The Morgan fingerprint density at radius 3 is 2.54 bits per heavy atom. The number of carboxylic acids is 1. The number of aliphatic carboxylic acids is 1. The van der Waals surface area contributed by atoms with Crippen LogP contribution < -0.4 is 5.32 Å². The molecular formula is C20H25FN2O5. The molecule has 1 unspecified atom stereocenters. The van der Waals surface area contributed by atoms with E-state index >= 15 is 0 Å². The maximum Gasteiger partial charge on any atom is 0.311 e. The lowest BCUT2D eigenvalue weighted by atomic mass is 9.74. The molecule has 0 radical (unpaired) electrons. The number of carboxylic acid groups (broad SMARTS) is 1. The third kappa shape index (κ3) is 3.73. The third-order valence-corrected chi connectivity index (χ3v) is 5.77. The Morgan fingerprint density at radius 2 is 1.96 bits per heavy atom. The topological polar surface area (TPSA) is 95.9 Å². The minimum atomic E-state index is -0.990. The zero-order chi connectivity index (χ0) is 20.5. The van der Waals surface area contributed by atoms with Gasteiger partial charge in [-0.15, -0.1) is 0 Å². The quantitative estimate of drug-likeness (QED) is 0.792. The van der Waals surface area contributed by atoms with E-state index in [1.165, 1.54) is 29.2 Å². The van der Waals surface area contributed by atoms with Crippen LogP contribution in [0, 0.1) is 23.1 Å². The first-order chi connectivity index (χ1) is 13.2. The molecule has 7 nitrogen and oxygen atoms in total. The summed E-state index contributed by atoms with van der Waals surface area (Å²) in [5.74, 6) is -2.60. The molecule has 1 aromatic rings. The number of nitrogens with one attached hydrogen (secondary N) is 1. The van der Waals surface area contributed by atoms with Crippen molar-refractivity contribution in [3.63, 3.8) is 0 Å². The summed E-state index contributed by atoms with van der Waals surface area (Å²) in [6, 6.07) is 4.28. The van der Waals surface area contributed by atoms with Crippen LogP contribution in [0.4, 0.5) is 4.39 Å². The van der Waals surface area contributed by atoms with Crippen LogP contribution in [0.15, 0.2) is 24.3 Å². The molecule has 8 heteroatoms. The highest BCUT2D eigenvalue weighted by Crippen LogP contribution is 2.42. The van der Waals surface area contributed by atoms with Gasteiger partial charge in [0.05, 0.1) is 12.0 Å². The van der Waals surface area contributed by atoms with Gasteiger partial charge < -0.3 is 20.1 Å². The van der Waals surface area contributed by atoms with Gasteiger partial charge in [-0.1, -0.05) is 13.8 Å². The van der Waals surface area contributed by atoms with Gasteiger partial charge in [0.25, 0.3) is 5.91 Å². The summed E-state index contributed by atoms with van der Waals surface area (Å²) in [5, 5.41) is 12.5. The van der Waals surface area contributed by atoms with Crippen molar-refractivity contribution < 1.29 is 28.6 Å². The summed E-state index contributed by atoms with van der Waals surface area (Å²) in [6.45, 7) is 4.70. The number of ether oxygens (including phenoxy) is 1. The number of amides is 2. The van der Waals surface area contributed by atoms with Gasteiger partial charge in [0.15, 0.2) is 0 Å². The van der Waals surface area contributed by atoms with Crippen molar-refractivity contribution in [2.75, 3.05) is 26.3 Å². The van der Waals surface area contributed by atoms with Gasteiger partial charge in [0, 0.05) is 31.2 Å². The van der Waals surface area contributed by atoms with Gasteiger partial charge in [-0.2, -0.15) is 0 Å². The number of carbonyl (C=O) groups is 3. The molecule has 0 bridgehead atoms. The molecule has 2 amide bonds. The lowest BCUT2D eigenvalue weighted by molar-refractivity contribution is -0.157. The summed E-state index contributed by atoms with van der Waals surface area (Å²) < 4.78 is 18.5. The molecule has 0 spiro atoms. The van der Waals surface area contributed by atoms with E-state index in [0.717, 1.165) is 0 Å². The molecule has 0 aromatic heterocycles. The van der Waals surface area contributed by atoms with Crippen LogP contribution in [-0.4, -0.2) is 60.1 Å². The summed E-state index contributed by atoms with van der Waals surface area (Å²) in [6.07, 6.45) is 0.366. The molecule has 3 rings (SSSR count). The maximum absolute atomic E-state index is 13.1. The van der Waals surface area contributed by atoms with Crippen molar-refractivity contribution in [1.82, 2.24) is 10.2 Å². The molecule has 2 heterocycles. The highest BCUT2D eigenvalue weighted by molar-refractivity contribution is 5.97. The summed E-state index contributed by atoms with van der Waals surface area (Å²) >= 11 is 0. The minimum absolute atomic E-state index is 0.116. The highest BCUT2D eigenvalue weighted by atomic mass is 19.1. The molecule has 1 aromatic carbocycles. The number of fused-ring (bicyclic) bond motifs is 1. The number of halogens is 1. The maximum atomic E-state index is 13.1. The lowest BCUT2D eigenvalue weighted by Crippen LogP contribution is -2.51. The molecule has 152 valence electrons. The van der Waals surface area contributed by atoms with Gasteiger partial charge in [-0.05, 0) is 36.6 Å². The van der Waals surface area contributed by atoms with Crippen LogP contribution in [0.2, 0.25) is 0 Å². The van der Waals surface area contributed by atoms with Gasteiger partial charge in [-0.3, -0.25) is 14.4 Å². The number of nitrogens with zero attached hydrogens (tertiary/aromatic N) is 1. The number of likely N-dealkylation sites (tertiary alicyclic amines) is 1. The predicted molar refractivity (Wildman–Crippen MR) is 98.1 cm³/mol. The smallest absolute Gasteiger partial charge is 0.311 e. The van der Waals surface area contributed by atoms with Crippen LogP contribution in [-0.2, 0) is 14.3 Å². The summed E-state index contributed by atoms with van der Waals surface area (Å²) in [5.41, 5.74) is -0.735. The second-order valence-corrected chi connectivity index (χ2v) is 7.90. The fraction of sp³-hybridized carbons (Fsp3) is 0.550. The number of benzene rings is 1. The Bertz CT molecular complexity index is 766. The Kier molecular flexibility index (Phi) is 5.69. The van der Waals surface area contributed by atoms with Crippen LogP contribution in [0.3, 0.4) is 0 Å². The van der Waals surface area contributed by atoms with Gasteiger partial charge >= 0.3 is 5.97 Å². The molecule has 0 saturated carbocycles. The standard InChI is InChI=1S/C20H25FN2O5/c1-12(2)16(22-17(24)13-3-5-15(21)6-4-13)18(25)23-9-14-10-28-8-7-20(14,11-23)19(26)27/h3-6,12,14,16H,7-11H2,1-2H3,(H,22,24)(H,26,27)/t14-,16?,20+/m0/s1. The van der Waals surface area contributed by atoms with E-state index < -0.39 is 29.2 Å². The molecule has 2 aliphatic heterocycles. The van der Waals surface area contributed by atoms with Crippen LogP contribution in [0.25, 0.3) is 0 Å². The summed E-state index contributed by atoms with van der Waals surface area (Å²) in [4.78, 5) is 39.1. The van der Waals surface area contributed by atoms with E-state index in [2.05, 4.69) is 5.32 Å². The van der Waals surface area contributed by atoms with E-state index in [1.54, 1.807) is 0 Å². The first kappa shape index (κ1) is 20.3. The second-order valence-electron chi connectivity index (χ2n) is 7.90. The lowest BCUT2D eigenvalue weighted by Gasteiger charge is -2.34. The van der Waals surface area contributed by atoms with Crippen molar-refractivity contribution in [2.45, 2.75) is 26.3 Å². The Labute approximate surface area is 162 Å². The molecule has 2 fully saturated rings. The van der Waals surface area contributed by atoms with Gasteiger partial charge in [-0.25, -0.2) is 4.39 Å². The van der Waals surface area contributed by atoms with Crippen LogP contribution in [0.5, 0.6) is 0 Å². The Morgan fingerprint density at radius 1 is 1.29 bits per heavy atom. The zero-order valence-electron chi connectivity index (χ0n) is 16.0. The van der Waals surface area contributed by atoms with Crippen LogP contribution >= 0.6 is 0 Å². The number of rotatable bonds is 5. The Hall–Kier alpha value is -2.48. The first-order valence-corrected chi connectivity index (χ1v) is 9.41. The molecule has 2 N–H and O–H groups in total. The van der Waals surface area contributed by atoms with E-state index in [-0.39, 0.29) is 29.9 Å². The van der Waals surface area contributed by atoms with E-state index in [9.17, 15) is 23.9 Å². The van der Waals surface area contributed by atoms with Crippen molar-refractivity contribution in [3.05, 3.63) is 35.6 Å². The highest BCUT2D eigenvalue weighted by Gasteiger charge is 2.55. The van der Waals surface area contributed by atoms with Gasteiger partial charge in [0.1, 0.15) is 11.9 Å². The molecule has 3 atom stereocenters. The van der Waals surface area contributed by atoms with Crippen molar-refractivity contribution in [3.8, 4) is 0 Å². The van der Waals surface area contributed by atoms with Crippen LogP contribution in [0.1, 0.15) is 30.6 Å². The molecular weight excluding hydrogens is 367 g/mol. The fourth-order valence-corrected chi connectivity index (χ4v) is 4.00.